The molecule has 0 saturated heterocycles. The lowest BCUT2D eigenvalue weighted by Crippen LogP contribution is -2.44. The van der Waals surface area contributed by atoms with Crippen molar-refractivity contribution in [1.29, 1.82) is 0 Å². The molecule has 0 bridgehead atoms. The summed E-state index contributed by atoms with van der Waals surface area (Å²) >= 11 is 0. The van der Waals surface area contributed by atoms with Gasteiger partial charge in [-0.3, -0.25) is 19.6 Å². The van der Waals surface area contributed by atoms with Gasteiger partial charge in [-0.05, 0) is 31.7 Å². The zero-order valence-corrected chi connectivity index (χ0v) is 16.7. The van der Waals surface area contributed by atoms with E-state index in [4.69, 9.17) is 4.74 Å². The highest BCUT2D eigenvalue weighted by molar-refractivity contribution is 5.75. The van der Waals surface area contributed by atoms with Crippen molar-refractivity contribution in [3.05, 3.63) is 44.9 Å². The Balaban J connectivity index is 1.28. The van der Waals surface area contributed by atoms with Crippen LogP contribution in [0.4, 0.5) is 5.95 Å². The Morgan fingerprint density at radius 1 is 1.20 bits per heavy atom. The number of H-pyrrole nitrogens is 2. The summed E-state index contributed by atoms with van der Waals surface area (Å²) in [6.45, 7) is 1.07. The van der Waals surface area contributed by atoms with Crippen LogP contribution in [0.2, 0.25) is 0 Å². The summed E-state index contributed by atoms with van der Waals surface area (Å²) in [5, 5.41) is 6.03. The molecule has 1 aliphatic heterocycles. The Bertz CT molecular complexity index is 1000. The lowest BCUT2D eigenvalue weighted by Gasteiger charge is -2.38. The van der Waals surface area contributed by atoms with Crippen molar-refractivity contribution in [3.63, 3.8) is 0 Å². The molecule has 1 amide bonds. The van der Waals surface area contributed by atoms with Crippen molar-refractivity contribution >= 4 is 11.9 Å². The van der Waals surface area contributed by atoms with Crippen molar-refractivity contribution in [1.82, 2.24) is 25.3 Å². The first-order valence-electron chi connectivity index (χ1n) is 10.4. The minimum absolute atomic E-state index is 0.0312. The van der Waals surface area contributed by atoms with Crippen molar-refractivity contribution in [3.8, 4) is 5.88 Å². The van der Waals surface area contributed by atoms with Crippen LogP contribution < -0.4 is 26.6 Å². The molecule has 10 heteroatoms. The number of aromatic nitrogens is 4. The molecule has 2 aromatic rings. The van der Waals surface area contributed by atoms with Gasteiger partial charge in [0.1, 0.15) is 5.60 Å². The van der Waals surface area contributed by atoms with Crippen LogP contribution in [-0.2, 0) is 4.79 Å². The zero-order chi connectivity index (χ0) is 21.0. The van der Waals surface area contributed by atoms with E-state index in [-0.39, 0.29) is 23.3 Å². The van der Waals surface area contributed by atoms with Crippen molar-refractivity contribution in [2.75, 3.05) is 18.4 Å². The van der Waals surface area contributed by atoms with Crippen LogP contribution in [0.5, 0.6) is 5.88 Å². The molecular formula is C20H26N6O4. The molecule has 2 aliphatic rings. The molecule has 0 spiro atoms. The van der Waals surface area contributed by atoms with E-state index in [1.807, 2.05) is 0 Å². The Morgan fingerprint density at radius 3 is 2.87 bits per heavy atom. The van der Waals surface area contributed by atoms with Crippen LogP contribution in [0.1, 0.15) is 56.4 Å². The molecule has 1 aliphatic carbocycles. The molecule has 160 valence electrons. The predicted octanol–water partition coefficient (Wildman–Crippen LogP) is 1.04. The number of anilines is 1. The Kier molecular flexibility index (Phi) is 5.82. The van der Waals surface area contributed by atoms with Gasteiger partial charge in [-0.1, -0.05) is 6.42 Å². The van der Waals surface area contributed by atoms with E-state index in [0.717, 1.165) is 25.7 Å². The van der Waals surface area contributed by atoms with E-state index in [9.17, 15) is 14.4 Å². The van der Waals surface area contributed by atoms with Crippen molar-refractivity contribution < 1.29 is 9.53 Å². The minimum atomic E-state index is -0.560. The van der Waals surface area contributed by atoms with Crippen LogP contribution in [0.15, 0.2) is 28.0 Å². The fourth-order valence-electron chi connectivity index (χ4n) is 4.51. The molecule has 2 aromatic heterocycles. The van der Waals surface area contributed by atoms with Crippen LogP contribution in [0, 0.1) is 0 Å². The average molecular weight is 414 g/mol. The molecule has 0 aromatic carbocycles. The van der Waals surface area contributed by atoms with Gasteiger partial charge in [-0.2, -0.15) is 0 Å². The number of nitrogens with one attached hydrogen (secondary N) is 4. The predicted molar refractivity (Wildman–Crippen MR) is 110 cm³/mol. The maximum absolute atomic E-state index is 12.3. The molecule has 2 atom stereocenters. The van der Waals surface area contributed by atoms with E-state index < -0.39 is 11.3 Å². The maximum atomic E-state index is 12.3. The van der Waals surface area contributed by atoms with Crippen molar-refractivity contribution in [2.24, 2.45) is 0 Å². The van der Waals surface area contributed by atoms with Crippen LogP contribution >= 0.6 is 0 Å². The fourth-order valence-corrected chi connectivity index (χ4v) is 4.51. The number of amides is 1. The maximum Gasteiger partial charge on any atom is 0.328 e. The quantitative estimate of drug-likeness (QED) is 0.473. The number of rotatable bonds is 8. The number of fused-ring (bicyclic) bond motifs is 3. The first kappa shape index (κ1) is 20.1. The van der Waals surface area contributed by atoms with Gasteiger partial charge in [-0.15, -0.1) is 0 Å². The van der Waals surface area contributed by atoms with E-state index in [2.05, 4.69) is 30.6 Å². The molecule has 30 heavy (non-hydrogen) atoms. The SMILES string of the molecule is O=C(CCCNc1ncccn1)NCC[C@@]12CCCC[C@@H]1c1c([nH]c(=O)[nH]c1=O)O2. The first-order valence-corrected chi connectivity index (χ1v) is 10.4. The molecule has 4 rings (SSSR count). The third-order valence-corrected chi connectivity index (χ3v) is 5.87. The van der Waals surface area contributed by atoms with Gasteiger partial charge < -0.3 is 15.4 Å². The van der Waals surface area contributed by atoms with Gasteiger partial charge in [0.05, 0.1) is 5.56 Å². The smallest absolute Gasteiger partial charge is 0.328 e. The van der Waals surface area contributed by atoms with E-state index in [0.29, 0.717) is 43.9 Å². The topological polar surface area (TPSA) is 142 Å². The zero-order valence-electron chi connectivity index (χ0n) is 16.7. The third kappa shape index (κ3) is 4.22. The monoisotopic (exact) mass is 414 g/mol. The van der Waals surface area contributed by atoms with Crippen molar-refractivity contribution in [2.45, 2.75) is 56.5 Å². The van der Waals surface area contributed by atoms with Gasteiger partial charge in [0, 0.05) is 44.2 Å². The number of ether oxygens (including phenoxy) is 1. The molecule has 0 unspecified atom stereocenters. The first-order chi connectivity index (χ1) is 14.6. The van der Waals surface area contributed by atoms with Crippen LogP contribution in [0.25, 0.3) is 0 Å². The highest BCUT2D eigenvalue weighted by Crippen LogP contribution is 2.51. The molecule has 3 heterocycles. The summed E-state index contributed by atoms with van der Waals surface area (Å²) in [6, 6.07) is 1.75. The Hall–Kier alpha value is -3.17. The summed E-state index contributed by atoms with van der Waals surface area (Å²) in [6.07, 6.45) is 8.61. The molecule has 1 saturated carbocycles. The molecule has 0 radical (unpaired) electrons. The molecule has 4 N–H and O–H groups in total. The van der Waals surface area contributed by atoms with Gasteiger partial charge in [0.2, 0.25) is 17.7 Å². The second-order valence-corrected chi connectivity index (χ2v) is 7.82. The highest BCUT2D eigenvalue weighted by atomic mass is 16.5. The summed E-state index contributed by atoms with van der Waals surface area (Å²) in [5.41, 5.74) is -0.941. The Morgan fingerprint density at radius 2 is 2.03 bits per heavy atom. The minimum Gasteiger partial charge on any atom is -0.471 e. The lowest BCUT2D eigenvalue weighted by molar-refractivity contribution is -0.121. The van der Waals surface area contributed by atoms with Crippen LogP contribution in [0.3, 0.4) is 0 Å². The van der Waals surface area contributed by atoms with Gasteiger partial charge in [0.25, 0.3) is 5.56 Å². The van der Waals surface area contributed by atoms with Gasteiger partial charge in [-0.25, -0.2) is 14.8 Å². The van der Waals surface area contributed by atoms with Crippen LogP contribution in [-0.4, -0.2) is 44.5 Å². The van der Waals surface area contributed by atoms with Gasteiger partial charge in [0.15, 0.2) is 0 Å². The fraction of sp³-hybridized carbons (Fsp3) is 0.550. The number of carbonyl (C=O) groups is 1. The molecule has 1 fully saturated rings. The lowest BCUT2D eigenvalue weighted by atomic mass is 9.72. The Labute approximate surface area is 172 Å². The number of hydrogen-bond acceptors (Lipinski definition) is 7. The molecule has 10 nitrogen and oxygen atoms in total. The summed E-state index contributed by atoms with van der Waals surface area (Å²) in [4.78, 5) is 49.2. The number of hydrogen-bond donors (Lipinski definition) is 4. The average Bonchev–Trinajstić information content (AvgIpc) is 3.06. The molecular weight excluding hydrogens is 388 g/mol. The standard InChI is InChI=1S/C20H26N6O4/c27-14(6-3-9-22-18-23-10-4-11-24-18)21-12-8-20-7-2-1-5-13(20)15-16(28)25-19(29)26-17(15)30-20/h4,10-11,13H,1-3,5-9,12H2,(H,21,27)(H,22,23,24)(H2,25,26,28,29)/t13-,20+/m1/s1. The van der Waals surface area contributed by atoms with E-state index in [1.54, 1.807) is 18.5 Å². The highest BCUT2D eigenvalue weighted by Gasteiger charge is 2.51. The second kappa shape index (κ2) is 8.68. The number of aromatic amines is 2. The number of nitrogens with zero attached hydrogens (tertiary/aromatic N) is 2. The third-order valence-electron chi connectivity index (χ3n) is 5.87. The van der Waals surface area contributed by atoms with E-state index >= 15 is 0 Å². The van der Waals surface area contributed by atoms with Gasteiger partial charge >= 0.3 is 5.69 Å². The second-order valence-electron chi connectivity index (χ2n) is 7.82. The van der Waals surface area contributed by atoms with E-state index in [1.165, 1.54) is 0 Å². The summed E-state index contributed by atoms with van der Waals surface area (Å²) in [7, 11) is 0. The summed E-state index contributed by atoms with van der Waals surface area (Å²) in [5.74, 6) is 0.743. The number of carbonyl (C=O) groups excluding carboxylic acids is 1. The normalized spacial score (nSPS) is 21.9. The summed E-state index contributed by atoms with van der Waals surface area (Å²) < 4.78 is 6.14. The largest absolute Gasteiger partial charge is 0.471 e.